The van der Waals surface area contributed by atoms with E-state index >= 15 is 0 Å². The SMILES string of the molecule is C[C@@H](C#N)NC(=O)CNC(N)=O. The topological polar surface area (TPSA) is 108 Å². The molecule has 0 aromatic heterocycles. The lowest BCUT2D eigenvalue weighted by Crippen LogP contribution is -2.42. The van der Waals surface area contributed by atoms with Crippen molar-refractivity contribution in [2.24, 2.45) is 5.73 Å². The molecule has 0 saturated carbocycles. The van der Waals surface area contributed by atoms with Crippen LogP contribution >= 0.6 is 0 Å². The van der Waals surface area contributed by atoms with Gasteiger partial charge in [0.2, 0.25) is 5.91 Å². The van der Waals surface area contributed by atoms with Crippen LogP contribution in [0.3, 0.4) is 0 Å². The Morgan fingerprint density at radius 1 is 1.67 bits per heavy atom. The molecule has 66 valence electrons. The average molecular weight is 170 g/mol. The summed E-state index contributed by atoms with van der Waals surface area (Å²) in [5.74, 6) is -0.442. The molecule has 6 heteroatoms. The Morgan fingerprint density at radius 3 is 2.67 bits per heavy atom. The highest BCUT2D eigenvalue weighted by atomic mass is 16.2. The first-order chi connectivity index (χ1) is 5.56. The van der Waals surface area contributed by atoms with Crippen molar-refractivity contribution in [3.63, 3.8) is 0 Å². The summed E-state index contributed by atoms with van der Waals surface area (Å²) in [5, 5.41) is 12.7. The second kappa shape index (κ2) is 4.96. The molecule has 0 aliphatic carbocycles. The van der Waals surface area contributed by atoms with Gasteiger partial charge in [0.1, 0.15) is 6.04 Å². The third-order valence-corrected chi connectivity index (χ3v) is 0.994. The van der Waals surface area contributed by atoms with Gasteiger partial charge in [-0.25, -0.2) is 4.79 Å². The number of hydrogen-bond acceptors (Lipinski definition) is 3. The van der Waals surface area contributed by atoms with E-state index in [0.29, 0.717) is 0 Å². The average Bonchev–Trinajstić information content (AvgIpc) is 2.00. The zero-order valence-corrected chi connectivity index (χ0v) is 6.63. The zero-order valence-electron chi connectivity index (χ0n) is 6.63. The number of rotatable bonds is 3. The molecule has 12 heavy (non-hydrogen) atoms. The maximum atomic E-state index is 10.8. The molecule has 0 aliphatic rings. The van der Waals surface area contributed by atoms with E-state index in [2.05, 4.69) is 10.6 Å². The smallest absolute Gasteiger partial charge is 0.312 e. The molecule has 0 aromatic rings. The van der Waals surface area contributed by atoms with Gasteiger partial charge >= 0.3 is 6.03 Å². The van der Waals surface area contributed by atoms with E-state index in [0.717, 1.165) is 0 Å². The molecule has 0 heterocycles. The van der Waals surface area contributed by atoms with Crippen molar-refractivity contribution < 1.29 is 9.59 Å². The number of nitriles is 1. The van der Waals surface area contributed by atoms with Crippen molar-refractivity contribution >= 4 is 11.9 Å². The van der Waals surface area contributed by atoms with Crippen molar-refractivity contribution in [2.45, 2.75) is 13.0 Å². The van der Waals surface area contributed by atoms with Gasteiger partial charge in [-0.3, -0.25) is 4.79 Å². The van der Waals surface area contributed by atoms with Crippen molar-refractivity contribution in [1.29, 1.82) is 5.26 Å². The fraction of sp³-hybridized carbons (Fsp3) is 0.500. The molecular weight excluding hydrogens is 160 g/mol. The van der Waals surface area contributed by atoms with Crippen molar-refractivity contribution in [2.75, 3.05) is 6.54 Å². The van der Waals surface area contributed by atoms with Crippen LogP contribution in [0.2, 0.25) is 0 Å². The molecule has 6 nitrogen and oxygen atoms in total. The van der Waals surface area contributed by atoms with E-state index in [1.54, 1.807) is 0 Å². The first kappa shape index (κ1) is 10.2. The molecule has 0 unspecified atom stereocenters. The summed E-state index contributed by atoms with van der Waals surface area (Å²) in [6.07, 6.45) is 0. The summed E-state index contributed by atoms with van der Waals surface area (Å²) in [4.78, 5) is 20.9. The van der Waals surface area contributed by atoms with E-state index in [9.17, 15) is 9.59 Å². The molecule has 0 bridgehead atoms. The number of amides is 3. The fourth-order valence-corrected chi connectivity index (χ4v) is 0.492. The number of nitrogens with two attached hydrogens (primary N) is 1. The number of nitrogens with one attached hydrogen (secondary N) is 2. The van der Waals surface area contributed by atoms with Crippen LogP contribution in [0.1, 0.15) is 6.92 Å². The highest BCUT2D eigenvalue weighted by molar-refractivity contribution is 5.83. The van der Waals surface area contributed by atoms with Gasteiger partial charge in [0.15, 0.2) is 0 Å². The Hall–Kier alpha value is -1.77. The largest absolute Gasteiger partial charge is 0.352 e. The van der Waals surface area contributed by atoms with Crippen molar-refractivity contribution in [1.82, 2.24) is 10.6 Å². The van der Waals surface area contributed by atoms with E-state index < -0.39 is 18.0 Å². The lowest BCUT2D eigenvalue weighted by molar-refractivity contribution is -0.120. The van der Waals surface area contributed by atoms with E-state index in [1.807, 2.05) is 6.07 Å². The number of carbonyl (C=O) groups excluding carboxylic acids is 2. The molecular formula is C6H10N4O2. The van der Waals surface area contributed by atoms with Gasteiger partial charge in [0.25, 0.3) is 0 Å². The van der Waals surface area contributed by atoms with Crippen LogP contribution < -0.4 is 16.4 Å². The maximum Gasteiger partial charge on any atom is 0.312 e. The standard InChI is InChI=1S/C6H10N4O2/c1-4(2-7)10-5(11)3-9-6(8)12/h4H,3H2,1H3,(H,10,11)(H3,8,9,12)/t4-/m0/s1. The van der Waals surface area contributed by atoms with Crippen molar-refractivity contribution in [3.8, 4) is 6.07 Å². The summed E-state index contributed by atoms with van der Waals surface area (Å²) < 4.78 is 0. The highest BCUT2D eigenvalue weighted by Crippen LogP contribution is 1.75. The summed E-state index contributed by atoms with van der Waals surface area (Å²) in [5.41, 5.74) is 4.71. The van der Waals surface area contributed by atoms with Gasteiger partial charge in [-0.15, -0.1) is 0 Å². The van der Waals surface area contributed by atoms with Crippen LogP contribution in [0.4, 0.5) is 4.79 Å². The minimum absolute atomic E-state index is 0.207. The molecule has 1 atom stereocenters. The molecule has 0 fully saturated rings. The van der Waals surface area contributed by atoms with E-state index in [4.69, 9.17) is 11.0 Å². The molecule has 0 radical (unpaired) electrons. The highest BCUT2D eigenvalue weighted by Gasteiger charge is 2.05. The molecule has 0 rings (SSSR count). The third-order valence-electron chi connectivity index (χ3n) is 0.994. The van der Waals surface area contributed by atoms with Crippen LogP contribution in [0.5, 0.6) is 0 Å². The van der Waals surface area contributed by atoms with Crippen molar-refractivity contribution in [3.05, 3.63) is 0 Å². The number of urea groups is 1. The number of hydrogen-bond donors (Lipinski definition) is 3. The Morgan fingerprint density at radius 2 is 2.25 bits per heavy atom. The van der Waals surface area contributed by atoms with Crippen LogP contribution in [0, 0.1) is 11.3 Å². The minimum Gasteiger partial charge on any atom is -0.352 e. The molecule has 0 spiro atoms. The van der Waals surface area contributed by atoms with Gasteiger partial charge in [0, 0.05) is 0 Å². The maximum absolute atomic E-state index is 10.8. The first-order valence-electron chi connectivity index (χ1n) is 3.28. The predicted molar refractivity (Wildman–Crippen MR) is 40.8 cm³/mol. The lowest BCUT2D eigenvalue weighted by atomic mass is 10.4. The summed E-state index contributed by atoms with van der Waals surface area (Å²) >= 11 is 0. The fourth-order valence-electron chi connectivity index (χ4n) is 0.492. The van der Waals surface area contributed by atoms with Crippen LogP contribution in [0.15, 0.2) is 0 Å². The Bertz CT molecular complexity index is 220. The second-order valence-electron chi connectivity index (χ2n) is 2.14. The van der Waals surface area contributed by atoms with Gasteiger partial charge in [-0.05, 0) is 6.92 Å². The number of nitrogens with zero attached hydrogens (tertiary/aromatic N) is 1. The molecule has 4 N–H and O–H groups in total. The summed E-state index contributed by atoms with van der Waals surface area (Å²) in [7, 11) is 0. The Labute approximate surface area is 69.7 Å². The summed E-state index contributed by atoms with van der Waals surface area (Å²) in [6, 6.07) is 0.476. The van der Waals surface area contributed by atoms with Gasteiger partial charge < -0.3 is 16.4 Å². The van der Waals surface area contributed by atoms with Crippen LogP contribution in [0.25, 0.3) is 0 Å². The monoisotopic (exact) mass is 170 g/mol. The normalized spacial score (nSPS) is 11.0. The van der Waals surface area contributed by atoms with E-state index in [-0.39, 0.29) is 6.54 Å². The summed E-state index contributed by atoms with van der Waals surface area (Å²) in [6.45, 7) is 1.32. The number of carbonyl (C=O) groups is 2. The Kier molecular flexibility index (Phi) is 4.23. The number of primary amides is 1. The molecule has 0 aliphatic heterocycles. The minimum atomic E-state index is -0.769. The quantitative estimate of drug-likeness (QED) is 0.489. The third kappa shape index (κ3) is 5.05. The van der Waals surface area contributed by atoms with E-state index in [1.165, 1.54) is 6.92 Å². The van der Waals surface area contributed by atoms with Crippen LogP contribution in [-0.4, -0.2) is 24.5 Å². The Balaban J connectivity index is 3.62. The zero-order chi connectivity index (χ0) is 9.56. The van der Waals surface area contributed by atoms with Gasteiger partial charge in [-0.1, -0.05) is 0 Å². The van der Waals surface area contributed by atoms with Crippen LogP contribution in [-0.2, 0) is 4.79 Å². The predicted octanol–water partition coefficient (Wildman–Crippen LogP) is -1.32. The first-order valence-corrected chi connectivity index (χ1v) is 3.28. The van der Waals surface area contributed by atoms with Gasteiger partial charge in [-0.2, -0.15) is 5.26 Å². The molecule has 0 saturated heterocycles. The molecule has 3 amide bonds. The lowest BCUT2D eigenvalue weighted by Gasteiger charge is -2.05. The second-order valence-corrected chi connectivity index (χ2v) is 2.14. The molecule has 0 aromatic carbocycles. The van der Waals surface area contributed by atoms with Gasteiger partial charge in [0.05, 0.1) is 12.6 Å².